The van der Waals surface area contributed by atoms with Crippen LogP contribution in [-0.4, -0.2) is 14.5 Å². The third kappa shape index (κ3) is 1.84. The smallest absolute Gasteiger partial charge is 0.178 e. The zero-order chi connectivity index (χ0) is 12.5. The number of aromatic nitrogens is 3. The van der Waals surface area contributed by atoms with Gasteiger partial charge in [-0.3, -0.25) is 0 Å². The monoisotopic (exact) mass is 305 g/mol. The average molecular weight is 306 g/mol. The molecule has 0 amide bonds. The van der Waals surface area contributed by atoms with Crippen molar-refractivity contribution in [3.05, 3.63) is 35.1 Å². The first-order valence-electron chi connectivity index (χ1n) is 5.86. The molecule has 3 rings (SSSR count). The Balaban J connectivity index is 2.24. The molecule has 18 heavy (non-hydrogen) atoms. The van der Waals surface area contributed by atoms with Crippen molar-refractivity contribution < 1.29 is 4.42 Å². The number of fused-ring (bicyclic) bond motifs is 1. The van der Waals surface area contributed by atoms with Gasteiger partial charge in [0.05, 0.1) is 0 Å². The van der Waals surface area contributed by atoms with Gasteiger partial charge < -0.3 is 8.98 Å². The van der Waals surface area contributed by atoms with Crippen LogP contribution < -0.4 is 0 Å². The molecule has 0 saturated heterocycles. The summed E-state index contributed by atoms with van der Waals surface area (Å²) in [5, 5.41) is 0. The van der Waals surface area contributed by atoms with E-state index in [0.717, 1.165) is 35.7 Å². The number of hydrogen-bond donors (Lipinski definition) is 0. The van der Waals surface area contributed by atoms with Crippen LogP contribution in [0.5, 0.6) is 0 Å². The van der Waals surface area contributed by atoms with Gasteiger partial charge in [0, 0.05) is 12.7 Å². The lowest BCUT2D eigenvalue weighted by atomic mass is 10.4. The number of rotatable bonds is 3. The Morgan fingerprint density at radius 1 is 1.33 bits per heavy atom. The molecule has 0 bridgehead atoms. The fourth-order valence-electron chi connectivity index (χ4n) is 2.02. The van der Waals surface area contributed by atoms with E-state index in [1.54, 1.807) is 6.20 Å². The van der Waals surface area contributed by atoms with Crippen LogP contribution in [0.2, 0.25) is 0 Å². The van der Waals surface area contributed by atoms with E-state index in [-0.39, 0.29) is 0 Å². The largest absolute Gasteiger partial charge is 0.446 e. The third-order valence-electron chi connectivity index (χ3n) is 2.74. The molecule has 3 aromatic heterocycles. The SMILES string of the molecule is CCCn1c(-c2ccc(Br)o2)nc2cccnc21. The van der Waals surface area contributed by atoms with E-state index < -0.39 is 0 Å². The molecular weight excluding hydrogens is 294 g/mol. The summed E-state index contributed by atoms with van der Waals surface area (Å²) in [5.41, 5.74) is 1.80. The minimum absolute atomic E-state index is 0.709. The summed E-state index contributed by atoms with van der Waals surface area (Å²) in [6.07, 6.45) is 2.81. The number of imidazole rings is 1. The lowest BCUT2D eigenvalue weighted by Crippen LogP contribution is -2.00. The zero-order valence-corrected chi connectivity index (χ0v) is 11.5. The number of furan rings is 1. The van der Waals surface area contributed by atoms with E-state index in [1.807, 2.05) is 24.3 Å². The molecule has 0 fully saturated rings. The van der Waals surface area contributed by atoms with Gasteiger partial charge in [-0.1, -0.05) is 6.92 Å². The van der Waals surface area contributed by atoms with Gasteiger partial charge >= 0.3 is 0 Å². The fraction of sp³-hybridized carbons (Fsp3) is 0.231. The molecule has 92 valence electrons. The van der Waals surface area contributed by atoms with Crippen LogP contribution >= 0.6 is 15.9 Å². The van der Waals surface area contributed by atoms with Gasteiger partial charge in [0.2, 0.25) is 0 Å². The minimum atomic E-state index is 0.709. The highest BCUT2D eigenvalue weighted by Gasteiger charge is 2.15. The Hall–Kier alpha value is -1.62. The van der Waals surface area contributed by atoms with Crippen molar-refractivity contribution >= 4 is 27.1 Å². The molecule has 5 heteroatoms. The van der Waals surface area contributed by atoms with Gasteiger partial charge in [0.1, 0.15) is 5.52 Å². The molecule has 0 radical (unpaired) electrons. The molecule has 0 aromatic carbocycles. The zero-order valence-electron chi connectivity index (χ0n) is 9.93. The third-order valence-corrected chi connectivity index (χ3v) is 3.17. The molecule has 3 heterocycles. The fourth-order valence-corrected chi connectivity index (χ4v) is 2.32. The van der Waals surface area contributed by atoms with E-state index in [1.165, 1.54) is 0 Å². The van der Waals surface area contributed by atoms with Crippen molar-refractivity contribution in [3.8, 4) is 11.6 Å². The van der Waals surface area contributed by atoms with Gasteiger partial charge in [-0.15, -0.1) is 0 Å². The number of aryl methyl sites for hydroxylation is 1. The minimum Gasteiger partial charge on any atom is -0.446 e. The Labute approximate surface area is 113 Å². The predicted molar refractivity (Wildman–Crippen MR) is 73.2 cm³/mol. The highest BCUT2D eigenvalue weighted by Crippen LogP contribution is 2.27. The van der Waals surface area contributed by atoms with Gasteiger partial charge in [0.25, 0.3) is 0 Å². The van der Waals surface area contributed by atoms with E-state index in [9.17, 15) is 0 Å². The molecule has 4 nitrogen and oxygen atoms in total. The Bertz CT molecular complexity index is 686. The Kier molecular flexibility index (Phi) is 2.91. The maximum atomic E-state index is 5.59. The van der Waals surface area contributed by atoms with Crippen LogP contribution in [0, 0.1) is 0 Å². The number of nitrogens with zero attached hydrogens (tertiary/aromatic N) is 3. The summed E-state index contributed by atoms with van der Waals surface area (Å²) >= 11 is 3.32. The van der Waals surface area contributed by atoms with Gasteiger partial charge in [-0.2, -0.15) is 0 Å². The predicted octanol–water partition coefficient (Wildman–Crippen LogP) is 3.86. The highest BCUT2D eigenvalue weighted by atomic mass is 79.9. The quantitative estimate of drug-likeness (QED) is 0.738. The number of pyridine rings is 1. The summed E-state index contributed by atoms with van der Waals surface area (Å²) < 4.78 is 8.40. The first-order valence-corrected chi connectivity index (χ1v) is 6.66. The summed E-state index contributed by atoms with van der Waals surface area (Å²) in [7, 11) is 0. The maximum absolute atomic E-state index is 5.59. The summed E-state index contributed by atoms with van der Waals surface area (Å²) in [5.74, 6) is 1.59. The van der Waals surface area contributed by atoms with Crippen LogP contribution in [0.25, 0.3) is 22.7 Å². The molecule has 0 spiro atoms. The number of hydrogen-bond acceptors (Lipinski definition) is 3. The summed E-state index contributed by atoms with van der Waals surface area (Å²) in [6.45, 7) is 3.01. The van der Waals surface area contributed by atoms with Crippen molar-refractivity contribution in [1.82, 2.24) is 14.5 Å². The van der Waals surface area contributed by atoms with Crippen molar-refractivity contribution in [3.63, 3.8) is 0 Å². The Morgan fingerprint density at radius 3 is 2.94 bits per heavy atom. The highest BCUT2D eigenvalue weighted by molar-refractivity contribution is 9.10. The molecule has 0 aliphatic carbocycles. The van der Waals surface area contributed by atoms with Crippen LogP contribution in [0.3, 0.4) is 0 Å². The summed E-state index contributed by atoms with van der Waals surface area (Å²) in [4.78, 5) is 9.00. The second kappa shape index (κ2) is 4.57. The Morgan fingerprint density at radius 2 is 2.22 bits per heavy atom. The standard InChI is InChI=1S/C13H12BrN3O/c1-2-8-17-12-9(4-3-7-15-12)16-13(17)10-5-6-11(14)18-10/h3-7H,2,8H2,1H3. The molecule has 0 atom stereocenters. The van der Waals surface area contributed by atoms with E-state index in [0.29, 0.717) is 4.67 Å². The second-order valence-electron chi connectivity index (χ2n) is 4.04. The molecule has 0 N–H and O–H groups in total. The molecule has 0 aliphatic heterocycles. The molecular formula is C13H12BrN3O. The van der Waals surface area contributed by atoms with Crippen LogP contribution in [0.1, 0.15) is 13.3 Å². The second-order valence-corrected chi connectivity index (χ2v) is 4.82. The molecule has 0 saturated carbocycles. The first-order chi connectivity index (χ1) is 8.79. The van der Waals surface area contributed by atoms with Gasteiger partial charge in [-0.05, 0) is 46.6 Å². The maximum Gasteiger partial charge on any atom is 0.178 e. The van der Waals surface area contributed by atoms with Gasteiger partial charge in [0.15, 0.2) is 21.9 Å². The van der Waals surface area contributed by atoms with Crippen molar-refractivity contribution in [1.29, 1.82) is 0 Å². The van der Waals surface area contributed by atoms with Crippen LogP contribution in [-0.2, 0) is 6.54 Å². The van der Waals surface area contributed by atoms with Crippen molar-refractivity contribution in [2.45, 2.75) is 19.9 Å². The van der Waals surface area contributed by atoms with Gasteiger partial charge in [-0.25, -0.2) is 9.97 Å². The molecule has 3 aromatic rings. The molecule has 0 unspecified atom stereocenters. The summed E-state index contributed by atoms with van der Waals surface area (Å²) in [6, 6.07) is 7.65. The lowest BCUT2D eigenvalue weighted by molar-refractivity contribution is 0.544. The van der Waals surface area contributed by atoms with Crippen LogP contribution in [0.15, 0.2) is 39.5 Å². The first kappa shape index (κ1) is 11.5. The number of halogens is 1. The van der Waals surface area contributed by atoms with E-state index >= 15 is 0 Å². The normalized spacial score (nSPS) is 11.2. The topological polar surface area (TPSA) is 43.9 Å². The van der Waals surface area contributed by atoms with Crippen LogP contribution in [0.4, 0.5) is 0 Å². The average Bonchev–Trinajstić information content (AvgIpc) is 2.95. The van der Waals surface area contributed by atoms with Crippen molar-refractivity contribution in [2.75, 3.05) is 0 Å². The lowest BCUT2D eigenvalue weighted by Gasteiger charge is -2.04. The molecule has 0 aliphatic rings. The van der Waals surface area contributed by atoms with E-state index in [4.69, 9.17) is 4.42 Å². The van der Waals surface area contributed by atoms with Crippen molar-refractivity contribution in [2.24, 2.45) is 0 Å². The van der Waals surface area contributed by atoms with E-state index in [2.05, 4.69) is 37.4 Å².